The minimum absolute atomic E-state index is 0. The maximum Gasteiger partial charge on any atom is 0.651 e. The molecule has 1 heterocycles. The minimum Gasteiger partial charge on any atom is -0.401 e. The molecule has 0 saturated carbocycles. The molecule has 11 heavy (non-hydrogen) atoms. The summed E-state index contributed by atoms with van der Waals surface area (Å²) in [6.45, 7) is 1.61. The highest BCUT2D eigenvalue weighted by Crippen LogP contribution is 2.08. The van der Waals surface area contributed by atoms with Gasteiger partial charge in [-0.2, -0.15) is 0 Å². The molecule has 0 bridgehead atoms. The van der Waals surface area contributed by atoms with E-state index in [1.165, 1.54) is 6.42 Å². The first kappa shape index (κ1) is 11.2. The maximum atomic E-state index is 8.40. The Balaban J connectivity index is 0.000001000. The van der Waals surface area contributed by atoms with E-state index in [0.29, 0.717) is 0 Å². The monoisotopic (exact) mass is 181 g/mol. The summed E-state index contributed by atoms with van der Waals surface area (Å²) in [5, 5.41) is 18.4. The van der Waals surface area contributed by atoms with Crippen molar-refractivity contribution in [2.75, 3.05) is 13.1 Å². The molecule has 4 nitrogen and oxygen atoms in total. The van der Waals surface area contributed by atoms with Crippen molar-refractivity contribution < 1.29 is 14.8 Å². The molecule has 0 aromatic heterocycles. The third-order valence-electron chi connectivity index (χ3n) is 1.56. The summed E-state index contributed by atoms with van der Waals surface area (Å²) in [7, 11) is -1.65. The van der Waals surface area contributed by atoms with Gasteiger partial charge < -0.3 is 10.0 Å². The Morgan fingerprint density at radius 2 is 1.64 bits per heavy atom. The van der Waals surface area contributed by atoms with Crippen LogP contribution in [0.4, 0.5) is 0 Å². The van der Waals surface area contributed by atoms with E-state index in [1.54, 1.807) is 5.06 Å². The lowest BCUT2D eigenvalue weighted by molar-refractivity contribution is -0.106. The highest BCUT2D eigenvalue weighted by molar-refractivity contribution is 6.32. The summed E-state index contributed by atoms with van der Waals surface area (Å²) in [6, 6.07) is 0. The molecule has 1 aliphatic heterocycles. The van der Waals surface area contributed by atoms with Crippen LogP contribution in [0.25, 0.3) is 0 Å². The Kier molecular flexibility index (Phi) is 5.90. The first-order chi connectivity index (χ1) is 4.79. The van der Waals surface area contributed by atoms with E-state index in [9.17, 15) is 0 Å². The van der Waals surface area contributed by atoms with Crippen LogP contribution in [0.15, 0.2) is 0 Å². The van der Waals surface area contributed by atoms with Gasteiger partial charge in [-0.3, -0.25) is 4.76 Å². The molecule has 0 unspecified atom stereocenters. The Bertz CT molecular complexity index is 99.7. The van der Waals surface area contributed by atoms with Gasteiger partial charge in [0.1, 0.15) is 0 Å². The fourth-order valence-electron chi connectivity index (χ4n) is 1.10. The van der Waals surface area contributed by atoms with E-state index in [4.69, 9.17) is 10.0 Å². The number of nitrogens with zero attached hydrogens (tertiary/aromatic N) is 1. The van der Waals surface area contributed by atoms with Crippen LogP contribution in [0, 0.1) is 0 Å². The van der Waals surface area contributed by atoms with Gasteiger partial charge in [0.2, 0.25) is 0 Å². The number of hydrogen-bond acceptors (Lipinski definition) is 4. The molecule has 1 rings (SSSR count). The molecule has 1 fully saturated rings. The molecule has 66 valence electrons. The van der Waals surface area contributed by atoms with Crippen LogP contribution < -0.4 is 0 Å². The molecule has 0 aromatic rings. The van der Waals surface area contributed by atoms with E-state index in [2.05, 4.69) is 4.76 Å². The molecule has 0 spiro atoms. The molecule has 0 aromatic carbocycles. The van der Waals surface area contributed by atoms with Crippen molar-refractivity contribution in [1.82, 2.24) is 5.06 Å². The number of hydroxylamine groups is 2. The van der Waals surface area contributed by atoms with Crippen LogP contribution in [0.5, 0.6) is 0 Å². The zero-order valence-electron chi connectivity index (χ0n) is 6.27. The number of piperidine rings is 1. The molecule has 0 atom stereocenters. The van der Waals surface area contributed by atoms with Gasteiger partial charge in [0.05, 0.1) is 0 Å². The van der Waals surface area contributed by atoms with E-state index < -0.39 is 7.32 Å². The lowest BCUT2D eigenvalue weighted by atomic mass is 10.2. The van der Waals surface area contributed by atoms with Gasteiger partial charge in [0.25, 0.3) is 0 Å². The van der Waals surface area contributed by atoms with Crippen LogP contribution in [0.1, 0.15) is 19.3 Å². The Morgan fingerprint density at radius 1 is 1.09 bits per heavy atom. The molecule has 0 radical (unpaired) electrons. The second-order valence-corrected chi connectivity index (χ2v) is 2.42. The topological polar surface area (TPSA) is 52.9 Å². The van der Waals surface area contributed by atoms with Crippen molar-refractivity contribution in [1.29, 1.82) is 0 Å². The minimum atomic E-state index is -1.65. The van der Waals surface area contributed by atoms with Crippen LogP contribution in [-0.2, 0) is 4.76 Å². The fraction of sp³-hybridized carbons (Fsp3) is 1.00. The lowest BCUT2D eigenvalue weighted by Crippen LogP contribution is -2.36. The van der Waals surface area contributed by atoms with Crippen LogP contribution >= 0.6 is 12.4 Å². The first-order valence-electron chi connectivity index (χ1n) is 3.57. The van der Waals surface area contributed by atoms with Crippen molar-refractivity contribution in [3.05, 3.63) is 0 Å². The van der Waals surface area contributed by atoms with Crippen LogP contribution in [-0.4, -0.2) is 35.5 Å². The zero-order valence-corrected chi connectivity index (χ0v) is 7.09. The van der Waals surface area contributed by atoms with Crippen molar-refractivity contribution >= 4 is 19.7 Å². The molecular formula is C5H13BClNO3. The third-order valence-corrected chi connectivity index (χ3v) is 1.56. The Morgan fingerprint density at radius 3 is 2.09 bits per heavy atom. The van der Waals surface area contributed by atoms with Gasteiger partial charge in [0.15, 0.2) is 0 Å². The van der Waals surface area contributed by atoms with Gasteiger partial charge in [-0.05, 0) is 12.8 Å². The first-order valence-corrected chi connectivity index (χ1v) is 3.57. The highest BCUT2D eigenvalue weighted by atomic mass is 35.5. The predicted molar refractivity (Wildman–Crippen MR) is 43.9 cm³/mol. The molecule has 1 aliphatic rings. The second kappa shape index (κ2) is 5.80. The summed E-state index contributed by atoms with van der Waals surface area (Å²) in [5.41, 5.74) is 0. The van der Waals surface area contributed by atoms with Gasteiger partial charge in [-0.25, -0.2) is 5.06 Å². The largest absolute Gasteiger partial charge is 0.651 e. The summed E-state index contributed by atoms with van der Waals surface area (Å²) in [6.07, 6.45) is 3.36. The van der Waals surface area contributed by atoms with Crippen molar-refractivity contribution in [3.63, 3.8) is 0 Å². The van der Waals surface area contributed by atoms with Crippen molar-refractivity contribution in [2.45, 2.75) is 19.3 Å². The average molecular weight is 181 g/mol. The second-order valence-electron chi connectivity index (χ2n) is 2.42. The molecule has 2 N–H and O–H groups in total. The summed E-state index contributed by atoms with van der Waals surface area (Å²) >= 11 is 0. The summed E-state index contributed by atoms with van der Waals surface area (Å²) in [4.78, 5) is 0. The fourth-order valence-corrected chi connectivity index (χ4v) is 1.10. The van der Waals surface area contributed by atoms with Crippen LogP contribution in [0.3, 0.4) is 0 Å². The normalized spacial score (nSPS) is 19.1. The predicted octanol–water partition coefficient (Wildman–Crippen LogP) is -0.205. The average Bonchev–Trinajstić information content (AvgIpc) is 1.88. The zero-order chi connectivity index (χ0) is 7.40. The molecule has 1 saturated heterocycles. The highest BCUT2D eigenvalue weighted by Gasteiger charge is 2.17. The SMILES string of the molecule is Cl.OB(O)ON1CCCCC1. The Hall–Kier alpha value is 0.195. The summed E-state index contributed by atoms with van der Waals surface area (Å²) < 4.78 is 4.64. The van der Waals surface area contributed by atoms with E-state index in [-0.39, 0.29) is 12.4 Å². The molecular weight excluding hydrogens is 168 g/mol. The Labute approximate surface area is 72.7 Å². The van der Waals surface area contributed by atoms with Gasteiger partial charge in [-0.15, -0.1) is 12.4 Å². The van der Waals surface area contributed by atoms with Gasteiger partial charge in [-0.1, -0.05) is 6.42 Å². The number of hydrogen-bond donors (Lipinski definition) is 2. The van der Waals surface area contributed by atoms with E-state index >= 15 is 0 Å². The standard InChI is InChI=1S/C5H12BNO3.ClH/c8-6(9)10-7-4-2-1-3-5-7;/h8-9H,1-5H2;1H. The quantitative estimate of drug-likeness (QED) is 0.579. The van der Waals surface area contributed by atoms with Crippen molar-refractivity contribution in [3.8, 4) is 0 Å². The van der Waals surface area contributed by atoms with E-state index in [1.807, 2.05) is 0 Å². The number of rotatable bonds is 2. The van der Waals surface area contributed by atoms with Crippen molar-refractivity contribution in [2.24, 2.45) is 0 Å². The van der Waals surface area contributed by atoms with Crippen LogP contribution in [0.2, 0.25) is 0 Å². The van der Waals surface area contributed by atoms with E-state index in [0.717, 1.165) is 25.9 Å². The molecule has 0 aliphatic carbocycles. The number of halogens is 1. The lowest BCUT2D eigenvalue weighted by Gasteiger charge is -2.25. The molecule has 6 heteroatoms. The summed E-state index contributed by atoms with van der Waals surface area (Å²) in [5.74, 6) is 0. The molecule has 0 amide bonds. The van der Waals surface area contributed by atoms with Gasteiger partial charge in [0, 0.05) is 13.1 Å². The maximum absolute atomic E-state index is 8.40. The van der Waals surface area contributed by atoms with Gasteiger partial charge >= 0.3 is 7.32 Å². The smallest absolute Gasteiger partial charge is 0.401 e. The third kappa shape index (κ3) is 4.60.